The molecule has 0 bridgehead atoms. The van der Waals surface area contributed by atoms with E-state index in [-0.39, 0.29) is 6.04 Å². The van der Waals surface area contributed by atoms with Crippen LogP contribution in [0.5, 0.6) is 0 Å². The number of hydrogen-bond donors (Lipinski definition) is 2. The van der Waals surface area contributed by atoms with Crippen LogP contribution in [0.25, 0.3) is 11.0 Å². The minimum absolute atomic E-state index is 0.180. The number of carbonyl (C=O) groups is 1. The first-order valence-electron chi connectivity index (χ1n) is 7.38. The molecule has 0 fully saturated rings. The molecule has 2 aromatic heterocycles. The Bertz CT molecular complexity index is 658. The second-order valence-electron chi connectivity index (χ2n) is 6.42. The molecule has 0 saturated carbocycles. The van der Waals surface area contributed by atoms with E-state index in [0.717, 1.165) is 16.6 Å². The monoisotopic (exact) mass is 304 g/mol. The van der Waals surface area contributed by atoms with Crippen LogP contribution in [-0.4, -0.2) is 33.8 Å². The van der Waals surface area contributed by atoms with Crippen LogP contribution in [0.15, 0.2) is 24.5 Å². The van der Waals surface area contributed by atoms with Crippen LogP contribution in [0.3, 0.4) is 0 Å². The van der Waals surface area contributed by atoms with E-state index in [9.17, 15) is 4.79 Å². The number of nitrogens with zero attached hydrogens (tertiary/aromatic N) is 2. The highest BCUT2D eigenvalue weighted by molar-refractivity contribution is 5.80. The molecule has 2 heterocycles. The lowest BCUT2D eigenvalue weighted by molar-refractivity contribution is 0.0506. The fourth-order valence-electron chi connectivity index (χ4n) is 2.39. The highest BCUT2D eigenvalue weighted by Crippen LogP contribution is 2.19. The number of aromatic nitrogens is 2. The van der Waals surface area contributed by atoms with E-state index in [1.165, 1.54) is 0 Å². The molecule has 3 N–H and O–H groups in total. The third kappa shape index (κ3) is 3.98. The Balaban J connectivity index is 2.11. The van der Waals surface area contributed by atoms with Gasteiger partial charge in [-0.25, -0.2) is 9.78 Å². The fraction of sp³-hybridized carbons (Fsp3) is 0.500. The van der Waals surface area contributed by atoms with Crippen molar-refractivity contribution in [1.29, 1.82) is 0 Å². The third-order valence-electron chi connectivity index (χ3n) is 3.29. The standard InChI is InChI=1S/C16H24N4O2/c1-16(2,3)22-15(21)19-12(9-17)8-11-10-20(4)14-13(11)6-5-7-18-14/h5-7,10,12H,8-9,17H2,1-4H3,(H,19,21). The van der Waals surface area contributed by atoms with E-state index < -0.39 is 11.7 Å². The normalized spacial score (nSPS) is 13.1. The third-order valence-corrected chi connectivity index (χ3v) is 3.29. The van der Waals surface area contributed by atoms with Crippen molar-refractivity contribution < 1.29 is 9.53 Å². The van der Waals surface area contributed by atoms with Gasteiger partial charge in [0.1, 0.15) is 11.2 Å². The predicted octanol–water partition coefficient (Wildman–Crippen LogP) is 1.97. The number of pyridine rings is 1. The van der Waals surface area contributed by atoms with Gasteiger partial charge in [0.15, 0.2) is 0 Å². The molecule has 1 atom stereocenters. The molecule has 0 aliphatic carbocycles. The lowest BCUT2D eigenvalue weighted by atomic mass is 10.1. The maximum Gasteiger partial charge on any atom is 0.407 e. The lowest BCUT2D eigenvalue weighted by Gasteiger charge is -2.23. The molecule has 0 aliphatic heterocycles. The van der Waals surface area contributed by atoms with Crippen LogP contribution in [0, 0.1) is 0 Å². The zero-order valence-corrected chi connectivity index (χ0v) is 13.6. The van der Waals surface area contributed by atoms with Gasteiger partial charge in [0, 0.05) is 37.4 Å². The van der Waals surface area contributed by atoms with Gasteiger partial charge in [0.2, 0.25) is 0 Å². The van der Waals surface area contributed by atoms with Crippen molar-refractivity contribution in [1.82, 2.24) is 14.9 Å². The molecule has 0 radical (unpaired) electrons. The first kappa shape index (κ1) is 16.3. The van der Waals surface area contributed by atoms with E-state index in [1.54, 1.807) is 6.20 Å². The van der Waals surface area contributed by atoms with Gasteiger partial charge >= 0.3 is 6.09 Å². The minimum atomic E-state index is -0.521. The molecule has 0 aromatic carbocycles. The van der Waals surface area contributed by atoms with Crippen molar-refractivity contribution in [2.45, 2.75) is 38.8 Å². The molecular weight excluding hydrogens is 280 g/mol. The maximum atomic E-state index is 11.9. The van der Waals surface area contributed by atoms with Crippen molar-refractivity contribution in [3.8, 4) is 0 Å². The zero-order valence-electron chi connectivity index (χ0n) is 13.6. The van der Waals surface area contributed by atoms with Gasteiger partial charge < -0.3 is 20.4 Å². The van der Waals surface area contributed by atoms with Crippen LogP contribution < -0.4 is 11.1 Å². The molecule has 6 nitrogen and oxygen atoms in total. The second kappa shape index (κ2) is 6.36. The highest BCUT2D eigenvalue weighted by atomic mass is 16.6. The van der Waals surface area contributed by atoms with Crippen molar-refractivity contribution in [3.63, 3.8) is 0 Å². The van der Waals surface area contributed by atoms with Crippen LogP contribution >= 0.6 is 0 Å². The summed E-state index contributed by atoms with van der Waals surface area (Å²) in [6.45, 7) is 5.84. The summed E-state index contributed by atoms with van der Waals surface area (Å²) in [7, 11) is 1.96. The molecule has 22 heavy (non-hydrogen) atoms. The fourth-order valence-corrected chi connectivity index (χ4v) is 2.39. The number of carbonyl (C=O) groups excluding carboxylic acids is 1. The van der Waals surface area contributed by atoms with Gasteiger partial charge in [-0.05, 0) is 44.9 Å². The number of ether oxygens (including phenoxy) is 1. The quantitative estimate of drug-likeness (QED) is 0.904. The van der Waals surface area contributed by atoms with Crippen molar-refractivity contribution in [2.75, 3.05) is 6.54 Å². The van der Waals surface area contributed by atoms with E-state index in [4.69, 9.17) is 10.5 Å². The van der Waals surface area contributed by atoms with Gasteiger partial charge in [-0.3, -0.25) is 0 Å². The van der Waals surface area contributed by atoms with E-state index in [2.05, 4.69) is 10.3 Å². The zero-order chi connectivity index (χ0) is 16.3. The first-order valence-corrected chi connectivity index (χ1v) is 7.38. The predicted molar refractivity (Wildman–Crippen MR) is 86.6 cm³/mol. The molecule has 2 aromatic rings. The van der Waals surface area contributed by atoms with Gasteiger partial charge in [0.25, 0.3) is 0 Å². The Morgan fingerprint density at radius 1 is 1.50 bits per heavy atom. The van der Waals surface area contributed by atoms with Crippen LogP contribution in [0.2, 0.25) is 0 Å². The first-order chi connectivity index (χ1) is 10.3. The van der Waals surface area contributed by atoms with Crippen molar-refractivity contribution in [2.24, 2.45) is 12.8 Å². The Kier molecular flexibility index (Phi) is 4.71. The number of amides is 1. The van der Waals surface area contributed by atoms with Crippen LogP contribution in [0.4, 0.5) is 4.79 Å². The molecule has 2 rings (SSSR count). The molecule has 0 spiro atoms. The Hall–Kier alpha value is -2.08. The number of hydrogen-bond acceptors (Lipinski definition) is 4. The molecule has 0 saturated heterocycles. The molecule has 0 aliphatic rings. The second-order valence-corrected chi connectivity index (χ2v) is 6.42. The smallest absolute Gasteiger partial charge is 0.407 e. The van der Waals surface area contributed by atoms with Gasteiger partial charge in [0.05, 0.1) is 0 Å². The van der Waals surface area contributed by atoms with E-state index >= 15 is 0 Å². The average Bonchev–Trinajstić information content (AvgIpc) is 2.73. The number of nitrogens with two attached hydrogens (primary N) is 1. The number of nitrogens with one attached hydrogen (secondary N) is 1. The van der Waals surface area contributed by atoms with Gasteiger partial charge in [-0.15, -0.1) is 0 Å². The van der Waals surface area contributed by atoms with Gasteiger partial charge in [-0.2, -0.15) is 0 Å². The Morgan fingerprint density at radius 3 is 2.86 bits per heavy atom. The van der Waals surface area contributed by atoms with E-state index in [0.29, 0.717) is 13.0 Å². The summed E-state index contributed by atoms with van der Waals surface area (Å²) < 4.78 is 7.26. The summed E-state index contributed by atoms with van der Waals surface area (Å²) in [5, 5.41) is 3.91. The summed E-state index contributed by atoms with van der Waals surface area (Å²) in [4.78, 5) is 16.2. The summed E-state index contributed by atoms with van der Waals surface area (Å²) in [5.74, 6) is 0. The number of aryl methyl sites for hydroxylation is 1. The maximum absolute atomic E-state index is 11.9. The molecular formula is C16H24N4O2. The lowest BCUT2D eigenvalue weighted by Crippen LogP contribution is -2.44. The molecule has 120 valence electrons. The topological polar surface area (TPSA) is 82.2 Å². The van der Waals surface area contributed by atoms with Crippen LogP contribution in [-0.2, 0) is 18.2 Å². The minimum Gasteiger partial charge on any atom is -0.444 e. The molecule has 6 heteroatoms. The summed E-state index contributed by atoms with van der Waals surface area (Å²) >= 11 is 0. The van der Waals surface area contributed by atoms with Crippen LogP contribution in [0.1, 0.15) is 26.3 Å². The Morgan fingerprint density at radius 2 is 2.23 bits per heavy atom. The SMILES string of the molecule is Cn1cc(CC(CN)NC(=O)OC(C)(C)C)c2cccnc21. The molecule has 1 unspecified atom stereocenters. The number of alkyl carbamates (subject to hydrolysis) is 1. The summed E-state index contributed by atoms with van der Waals surface area (Å²) in [6, 6.07) is 3.75. The van der Waals surface area contributed by atoms with Crippen molar-refractivity contribution >= 4 is 17.1 Å². The molecule has 1 amide bonds. The van der Waals surface area contributed by atoms with Crippen molar-refractivity contribution in [3.05, 3.63) is 30.1 Å². The highest BCUT2D eigenvalue weighted by Gasteiger charge is 2.20. The Labute approximate surface area is 130 Å². The average molecular weight is 304 g/mol. The van der Waals surface area contributed by atoms with E-state index in [1.807, 2.05) is 50.7 Å². The van der Waals surface area contributed by atoms with Gasteiger partial charge in [-0.1, -0.05) is 0 Å². The summed E-state index contributed by atoms with van der Waals surface area (Å²) in [6.07, 6.45) is 3.99. The largest absolute Gasteiger partial charge is 0.444 e. The number of rotatable bonds is 4. The number of fused-ring (bicyclic) bond motifs is 1. The summed E-state index contributed by atoms with van der Waals surface area (Å²) in [5.41, 5.74) is 7.30.